The van der Waals surface area contributed by atoms with Gasteiger partial charge in [0.25, 0.3) is 0 Å². The van der Waals surface area contributed by atoms with Crippen molar-refractivity contribution in [1.82, 2.24) is 20.1 Å². The average molecular weight is 338 g/mol. The SMILES string of the molecule is O=C(CSCc1ccncc1)NCc1ccccc1-n1cccn1. The number of hydrogen-bond donors (Lipinski definition) is 1. The van der Waals surface area contributed by atoms with E-state index in [2.05, 4.69) is 15.4 Å². The number of nitrogens with one attached hydrogen (secondary N) is 1. The van der Waals surface area contributed by atoms with Crippen molar-refractivity contribution in [2.45, 2.75) is 12.3 Å². The predicted molar refractivity (Wildman–Crippen MR) is 95.8 cm³/mol. The van der Waals surface area contributed by atoms with E-state index in [0.717, 1.165) is 17.0 Å². The van der Waals surface area contributed by atoms with Gasteiger partial charge in [-0.1, -0.05) is 18.2 Å². The summed E-state index contributed by atoms with van der Waals surface area (Å²) in [6, 6.07) is 13.7. The number of aromatic nitrogens is 3. The van der Waals surface area contributed by atoms with Crippen LogP contribution >= 0.6 is 11.8 Å². The Morgan fingerprint density at radius 3 is 2.71 bits per heavy atom. The van der Waals surface area contributed by atoms with Gasteiger partial charge >= 0.3 is 0 Å². The normalized spacial score (nSPS) is 10.5. The molecule has 0 unspecified atom stereocenters. The van der Waals surface area contributed by atoms with Gasteiger partial charge in [-0.3, -0.25) is 9.78 Å². The van der Waals surface area contributed by atoms with Crippen LogP contribution in [0.5, 0.6) is 0 Å². The van der Waals surface area contributed by atoms with E-state index in [0.29, 0.717) is 12.3 Å². The predicted octanol–water partition coefficient (Wildman–Crippen LogP) is 2.82. The quantitative estimate of drug-likeness (QED) is 0.720. The molecule has 0 radical (unpaired) electrons. The molecule has 1 amide bonds. The third kappa shape index (κ3) is 4.45. The van der Waals surface area contributed by atoms with Crippen molar-refractivity contribution in [3.05, 3.63) is 78.4 Å². The first-order chi connectivity index (χ1) is 11.8. The molecule has 2 aromatic heterocycles. The van der Waals surface area contributed by atoms with E-state index in [4.69, 9.17) is 0 Å². The minimum atomic E-state index is 0.0318. The highest BCUT2D eigenvalue weighted by atomic mass is 32.2. The fraction of sp³-hybridized carbons (Fsp3) is 0.167. The Kier molecular flexibility index (Phi) is 5.63. The topological polar surface area (TPSA) is 59.8 Å². The van der Waals surface area contributed by atoms with Gasteiger partial charge < -0.3 is 5.32 Å². The molecule has 0 fully saturated rings. The third-order valence-corrected chi connectivity index (χ3v) is 4.47. The van der Waals surface area contributed by atoms with Crippen LogP contribution in [0.1, 0.15) is 11.1 Å². The summed E-state index contributed by atoms with van der Waals surface area (Å²) in [5.74, 6) is 1.27. The molecule has 3 rings (SSSR count). The van der Waals surface area contributed by atoms with E-state index in [9.17, 15) is 4.79 Å². The molecule has 0 aliphatic rings. The van der Waals surface area contributed by atoms with Crippen LogP contribution in [-0.4, -0.2) is 26.4 Å². The molecule has 0 spiro atoms. The monoisotopic (exact) mass is 338 g/mol. The fourth-order valence-electron chi connectivity index (χ4n) is 2.28. The average Bonchev–Trinajstić information content (AvgIpc) is 3.16. The maximum atomic E-state index is 12.0. The molecule has 0 saturated carbocycles. The lowest BCUT2D eigenvalue weighted by Crippen LogP contribution is -2.25. The Hall–Kier alpha value is -2.60. The van der Waals surface area contributed by atoms with Crippen molar-refractivity contribution < 1.29 is 4.79 Å². The molecule has 5 nitrogen and oxygen atoms in total. The van der Waals surface area contributed by atoms with Crippen molar-refractivity contribution in [3.8, 4) is 5.69 Å². The van der Waals surface area contributed by atoms with E-state index in [1.54, 1.807) is 35.0 Å². The van der Waals surface area contributed by atoms with Crippen molar-refractivity contribution in [1.29, 1.82) is 0 Å². The van der Waals surface area contributed by atoms with Gasteiger partial charge in [0, 0.05) is 37.1 Å². The van der Waals surface area contributed by atoms with Gasteiger partial charge in [0.15, 0.2) is 0 Å². The molecule has 2 heterocycles. The van der Waals surface area contributed by atoms with Crippen molar-refractivity contribution in [2.75, 3.05) is 5.75 Å². The molecule has 122 valence electrons. The molecule has 0 aliphatic heterocycles. The van der Waals surface area contributed by atoms with Crippen molar-refractivity contribution >= 4 is 17.7 Å². The highest BCUT2D eigenvalue weighted by molar-refractivity contribution is 7.99. The summed E-state index contributed by atoms with van der Waals surface area (Å²) in [5.41, 5.74) is 3.19. The molecule has 0 bridgehead atoms. The maximum Gasteiger partial charge on any atom is 0.230 e. The zero-order valence-corrected chi connectivity index (χ0v) is 13.9. The number of carbonyl (C=O) groups is 1. The van der Waals surface area contributed by atoms with E-state index in [1.165, 1.54) is 5.56 Å². The zero-order chi connectivity index (χ0) is 16.6. The standard InChI is InChI=1S/C18H18N4OS/c23-18(14-24-13-15-6-9-19-10-7-15)20-12-16-4-1-2-5-17(16)22-11-3-8-21-22/h1-11H,12-14H2,(H,20,23). The Morgan fingerprint density at radius 2 is 1.92 bits per heavy atom. The van der Waals surface area contributed by atoms with Gasteiger partial charge in [-0.15, -0.1) is 11.8 Å². The molecular weight excluding hydrogens is 320 g/mol. The second-order valence-corrected chi connectivity index (χ2v) is 6.19. The second kappa shape index (κ2) is 8.31. The minimum Gasteiger partial charge on any atom is -0.351 e. The summed E-state index contributed by atoms with van der Waals surface area (Å²) in [7, 11) is 0. The molecule has 1 N–H and O–H groups in total. The third-order valence-electron chi connectivity index (χ3n) is 3.47. The van der Waals surface area contributed by atoms with Gasteiger partial charge in [-0.2, -0.15) is 5.10 Å². The van der Waals surface area contributed by atoms with E-state index >= 15 is 0 Å². The van der Waals surface area contributed by atoms with Gasteiger partial charge in [0.05, 0.1) is 11.4 Å². The lowest BCUT2D eigenvalue weighted by Gasteiger charge is -2.10. The largest absolute Gasteiger partial charge is 0.351 e. The van der Waals surface area contributed by atoms with Crippen LogP contribution in [0.4, 0.5) is 0 Å². The summed E-state index contributed by atoms with van der Waals surface area (Å²) < 4.78 is 1.81. The minimum absolute atomic E-state index is 0.0318. The number of para-hydroxylation sites is 1. The molecule has 0 saturated heterocycles. The Labute approximate surface area is 145 Å². The lowest BCUT2D eigenvalue weighted by molar-refractivity contribution is -0.118. The van der Waals surface area contributed by atoms with Gasteiger partial charge in [0.2, 0.25) is 5.91 Å². The van der Waals surface area contributed by atoms with Crippen LogP contribution in [0.15, 0.2) is 67.3 Å². The van der Waals surface area contributed by atoms with Crippen LogP contribution in [0.3, 0.4) is 0 Å². The van der Waals surface area contributed by atoms with Crippen LogP contribution < -0.4 is 5.32 Å². The number of nitrogens with zero attached hydrogens (tertiary/aromatic N) is 3. The number of rotatable bonds is 7. The number of carbonyl (C=O) groups excluding carboxylic acids is 1. The molecule has 0 aliphatic carbocycles. The van der Waals surface area contributed by atoms with Crippen LogP contribution in [-0.2, 0) is 17.1 Å². The molecule has 24 heavy (non-hydrogen) atoms. The highest BCUT2D eigenvalue weighted by Crippen LogP contribution is 2.14. The van der Waals surface area contributed by atoms with Crippen molar-refractivity contribution in [2.24, 2.45) is 0 Å². The number of hydrogen-bond acceptors (Lipinski definition) is 4. The molecule has 1 aromatic carbocycles. The van der Waals surface area contributed by atoms with Crippen LogP contribution in [0, 0.1) is 0 Å². The smallest absolute Gasteiger partial charge is 0.230 e. The summed E-state index contributed by atoms with van der Waals surface area (Å²) in [5, 5.41) is 7.23. The lowest BCUT2D eigenvalue weighted by atomic mass is 10.2. The second-order valence-electron chi connectivity index (χ2n) is 5.20. The maximum absolute atomic E-state index is 12.0. The first-order valence-corrected chi connectivity index (χ1v) is 8.79. The van der Waals surface area contributed by atoms with E-state index < -0.39 is 0 Å². The van der Waals surface area contributed by atoms with Crippen LogP contribution in [0.2, 0.25) is 0 Å². The Morgan fingerprint density at radius 1 is 1.08 bits per heavy atom. The first kappa shape index (κ1) is 16.3. The summed E-state index contributed by atoms with van der Waals surface area (Å²) in [6.45, 7) is 0.491. The van der Waals surface area contributed by atoms with Crippen LogP contribution in [0.25, 0.3) is 5.69 Å². The number of thioether (sulfide) groups is 1. The number of benzene rings is 1. The zero-order valence-electron chi connectivity index (χ0n) is 13.1. The summed E-state index contributed by atoms with van der Waals surface area (Å²) in [4.78, 5) is 16.0. The van der Waals surface area contributed by atoms with E-state index in [1.807, 2.05) is 48.7 Å². The highest BCUT2D eigenvalue weighted by Gasteiger charge is 2.07. The van der Waals surface area contributed by atoms with Crippen molar-refractivity contribution in [3.63, 3.8) is 0 Å². The van der Waals surface area contributed by atoms with Gasteiger partial charge in [0.1, 0.15) is 0 Å². The molecular formula is C18H18N4OS. The molecule has 0 atom stereocenters. The number of amides is 1. The Bertz CT molecular complexity index is 775. The van der Waals surface area contributed by atoms with E-state index in [-0.39, 0.29) is 5.91 Å². The van der Waals surface area contributed by atoms with Gasteiger partial charge in [-0.25, -0.2) is 4.68 Å². The fourth-order valence-corrected chi connectivity index (χ4v) is 3.10. The number of pyridine rings is 1. The van der Waals surface area contributed by atoms with Gasteiger partial charge in [-0.05, 0) is 35.4 Å². The summed E-state index contributed by atoms with van der Waals surface area (Å²) >= 11 is 1.59. The Balaban J connectivity index is 1.50. The summed E-state index contributed by atoms with van der Waals surface area (Å²) in [6.07, 6.45) is 7.17. The molecule has 3 aromatic rings. The first-order valence-electron chi connectivity index (χ1n) is 7.64. The molecule has 6 heteroatoms.